The quantitative estimate of drug-likeness (QED) is 0.298. The molecule has 2 aromatic heterocycles. The summed E-state index contributed by atoms with van der Waals surface area (Å²) < 4.78 is 28.5. The Morgan fingerprint density at radius 3 is 2.39 bits per heavy atom. The molecule has 36 heavy (non-hydrogen) atoms. The van der Waals surface area contributed by atoms with E-state index in [0.29, 0.717) is 17.9 Å². The van der Waals surface area contributed by atoms with Gasteiger partial charge in [0.1, 0.15) is 0 Å². The number of rotatable bonds is 11. The van der Waals surface area contributed by atoms with Crippen molar-refractivity contribution in [1.82, 2.24) is 29.9 Å². The van der Waals surface area contributed by atoms with Gasteiger partial charge in [-0.2, -0.15) is 9.52 Å². The molecule has 0 aliphatic rings. The number of nitrogens with zero attached hydrogens (tertiary/aromatic N) is 6. The number of amides is 1. The van der Waals surface area contributed by atoms with E-state index in [-0.39, 0.29) is 36.1 Å². The third-order valence-corrected chi connectivity index (χ3v) is 7.03. The van der Waals surface area contributed by atoms with Crippen LogP contribution in [-0.4, -0.2) is 51.0 Å². The van der Waals surface area contributed by atoms with Gasteiger partial charge in [-0.3, -0.25) is 14.8 Å². The lowest BCUT2D eigenvalue weighted by Crippen LogP contribution is -2.30. The zero-order valence-electron chi connectivity index (χ0n) is 19.3. The predicted molar refractivity (Wildman–Crippen MR) is 133 cm³/mol. The fourth-order valence-corrected chi connectivity index (χ4v) is 4.85. The largest absolute Gasteiger partial charge is 0.326 e. The maximum Gasteiger partial charge on any atom is 0.243 e. The summed E-state index contributed by atoms with van der Waals surface area (Å²) in [6, 6.07) is 18.9. The summed E-state index contributed by atoms with van der Waals surface area (Å²) in [5, 5.41) is 16.0. The molecule has 11 nitrogen and oxygen atoms in total. The molecule has 2 heterocycles. The van der Waals surface area contributed by atoms with Crippen molar-refractivity contribution in [2.75, 3.05) is 5.32 Å². The summed E-state index contributed by atoms with van der Waals surface area (Å²) in [6.07, 6.45) is 1.61. The topological polar surface area (TPSA) is 146 Å². The number of aliphatic imine (C=N–C) groups is 1. The number of hydrogen-bond donors (Lipinski definition) is 2. The molecule has 0 aliphatic carbocycles. The van der Waals surface area contributed by atoms with Crippen molar-refractivity contribution in [1.29, 1.82) is 0 Å². The molecule has 12 heteroatoms. The van der Waals surface area contributed by atoms with E-state index in [1.807, 2.05) is 6.07 Å². The highest BCUT2D eigenvalue weighted by molar-refractivity contribution is 7.89. The zero-order chi connectivity index (χ0) is 25.4. The highest BCUT2D eigenvalue weighted by Crippen LogP contribution is 2.22. The fourth-order valence-electron chi connectivity index (χ4n) is 3.45. The van der Waals surface area contributed by atoms with Crippen LogP contribution in [0.5, 0.6) is 0 Å². The second-order valence-electron chi connectivity index (χ2n) is 7.87. The number of pyridine rings is 1. The maximum atomic E-state index is 13.6. The van der Waals surface area contributed by atoms with Gasteiger partial charge in [-0.05, 0) is 54.2 Å². The van der Waals surface area contributed by atoms with E-state index in [4.69, 9.17) is 0 Å². The van der Waals surface area contributed by atoms with Gasteiger partial charge in [-0.25, -0.2) is 8.42 Å². The molecule has 4 aromatic rings. The molecule has 0 atom stereocenters. The van der Waals surface area contributed by atoms with Crippen LogP contribution in [0.1, 0.15) is 22.6 Å². The van der Waals surface area contributed by atoms with E-state index in [9.17, 15) is 13.2 Å². The molecule has 0 aliphatic heterocycles. The Kier molecular flexibility index (Phi) is 7.88. The average Bonchev–Trinajstić information content (AvgIpc) is 3.39. The number of carbonyl (C=O) groups excluding carboxylic acids is 1. The second-order valence-corrected chi connectivity index (χ2v) is 9.81. The van der Waals surface area contributed by atoms with Crippen LogP contribution in [0.2, 0.25) is 0 Å². The normalized spacial score (nSPS) is 11.4. The molecule has 0 fully saturated rings. The van der Waals surface area contributed by atoms with Gasteiger partial charge in [0.05, 0.1) is 30.1 Å². The Labute approximate surface area is 208 Å². The van der Waals surface area contributed by atoms with Crippen LogP contribution >= 0.6 is 0 Å². The molecule has 0 saturated heterocycles. The van der Waals surface area contributed by atoms with Crippen molar-refractivity contribution in [3.63, 3.8) is 0 Å². The Hall–Kier alpha value is -4.29. The van der Waals surface area contributed by atoms with Gasteiger partial charge in [-0.1, -0.05) is 35.5 Å². The Bertz CT molecular complexity index is 1390. The summed E-state index contributed by atoms with van der Waals surface area (Å²) >= 11 is 0. The van der Waals surface area contributed by atoms with Gasteiger partial charge in [0.15, 0.2) is 5.82 Å². The van der Waals surface area contributed by atoms with Gasteiger partial charge >= 0.3 is 0 Å². The summed E-state index contributed by atoms with van der Waals surface area (Å²) in [5.74, 6) is -0.00751. The van der Waals surface area contributed by atoms with Crippen LogP contribution in [-0.2, 0) is 40.9 Å². The second kappa shape index (κ2) is 11.4. The SMILES string of the molecule is C=NCc1ccc(S(=O)(=O)N(Cc2ccc(NC(=O)Cc3nn[nH]n3)cc2)Cc2ccccn2)cc1. The third kappa shape index (κ3) is 6.43. The smallest absolute Gasteiger partial charge is 0.243 e. The third-order valence-electron chi connectivity index (χ3n) is 5.22. The lowest BCUT2D eigenvalue weighted by Gasteiger charge is -2.22. The van der Waals surface area contributed by atoms with Crippen molar-refractivity contribution in [3.8, 4) is 0 Å². The lowest BCUT2D eigenvalue weighted by atomic mass is 10.2. The standard InChI is InChI=1S/C24H24N8O3S/c1-25-15-18-7-11-22(12-8-18)36(34,35)32(17-21-4-2-3-13-26-21)16-19-5-9-20(10-6-19)27-24(33)14-23-28-30-31-29-23/h2-13H,1,14-17H2,(H,27,33)(H,28,29,30,31). The van der Waals surface area contributed by atoms with Crippen LogP contribution in [0, 0.1) is 0 Å². The number of hydrogen-bond acceptors (Lipinski definition) is 8. The van der Waals surface area contributed by atoms with Crippen molar-refractivity contribution in [2.45, 2.75) is 31.0 Å². The Morgan fingerprint density at radius 2 is 1.75 bits per heavy atom. The molecule has 0 radical (unpaired) electrons. The highest BCUT2D eigenvalue weighted by Gasteiger charge is 2.25. The van der Waals surface area contributed by atoms with Crippen LogP contribution in [0.15, 0.2) is 82.8 Å². The molecular weight excluding hydrogens is 480 g/mol. The summed E-state index contributed by atoms with van der Waals surface area (Å²) in [4.78, 5) is 20.5. The van der Waals surface area contributed by atoms with E-state index in [1.165, 1.54) is 4.31 Å². The number of anilines is 1. The van der Waals surface area contributed by atoms with Crippen molar-refractivity contribution < 1.29 is 13.2 Å². The number of benzene rings is 2. The minimum Gasteiger partial charge on any atom is -0.326 e. The first-order valence-electron chi connectivity index (χ1n) is 11.0. The number of nitrogens with one attached hydrogen (secondary N) is 2. The summed E-state index contributed by atoms with van der Waals surface area (Å²) in [7, 11) is -3.83. The number of tetrazole rings is 1. The van der Waals surface area contributed by atoms with Gasteiger partial charge < -0.3 is 5.32 Å². The van der Waals surface area contributed by atoms with Gasteiger partial charge in [0, 0.05) is 18.4 Å². The minimum atomic E-state index is -3.83. The number of aromatic nitrogens is 5. The van der Waals surface area contributed by atoms with Crippen LogP contribution < -0.4 is 5.32 Å². The lowest BCUT2D eigenvalue weighted by molar-refractivity contribution is -0.115. The van der Waals surface area contributed by atoms with Crippen LogP contribution in [0.3, 0.4) is 0 Å². The summed E-state index contributed by atoms with van der Waals surface area (Å²) in [5.41, 5.74) is 2.81. The average molecular weight is 505 g/mol. The van der Waals surface area contributed by atoms with E-state index < -0.39 is 10.0 Å². The van der Waals surface area contributed by atoms with Crippen LogP contribution in [0.25, 0.3) is 0 Å². The molecule has 1 amide bonds. The number of aromatic amines is 1. The molecule has 2 aromatic carbocycles. The van der Waals surface area contributed by atoms with E-state index >= 15 is 0 Å². The fraction of sp³-hybridized carbons (Fsp3) is 0.167. The number of carbonyl (C=O) groups is 1. The van der Waals surface area contributed by atoms with Gasteiger partial charge in [-0.15, -0.1) is 10.2 Å². The highest BCUT2D eigenvalue weighted by atomic mass is 32.2. The Balaban J connectivity index is 1.51. The monoisotopic (exact) mass is 504 g/mol. The van der Waals surface area contributed by atoms with Crippen molar-refractivity contribution in [2.24, 2.45) is 4.99 Å². The van der Waals surface area contributed by atoms with E-state index in [1.54, 1.807) is 66.9 Å². The molecule has 0 bridgehead atoms. The van der Waals surface area contributed by atoms with Gasteiger partial charge in [0.2, 0.25) is 15.9 Å². The zero-order valence-corrected chi connectivity index (χ0v) is 20.1. The molecule has 0 saturated carbocycles. The van der Waals surface area contributed by atoms with Crippen LogP contribution in [0.4, 0.5) is 5.69 Å². The first-order valence-corrected chi connectivity index (χ1v) is 12.4. The first-order chi connectivity index (χ1) is 17.4. The molecule has 4 rings (SSSR count). The Morgan fingerprint density at radius 1 is 1.00 bits per heavy atom. The number of sulfonamides is 1. The van der Waals surface area contributed by atoms with Crippen molar-refractivity contribution >= 4 is 28.3 Å². The molecule has 184 valence electrons. The summed E-state index contributed by atoms with van der Waals surface area (Å²) in [6.45, 7) is 4.10. The predicted octanol–water partition coefficient (Wildman–Crippen LogP) is 2.37. The van der Waals surface area contributed by atoms with E-state index in [0.717, 1.165) is 11.1 Å². The maximum absolute atomic E-state index is 13.6. The van der Waals surface area contributed by atoms with E-state index in [2.05, 4.69) is 42.6 Å². The molecule has 2 N–H and O–H groups in total. The van der Waals surface area contributed by atoms with Crippen molar-refractivity contribution in [3.05, 3.63) is 95.6 Å². The minimum absolute atomic E-state index is 0.0179. The first kappa shape index (κ1) is 24.8. The molecule has 0 unspecified atom stereocenters. The molecule has 0 spiro atoms. The number of H-pyrrole nitrogens is 1. The molecular formula is C24H24N8O3S. The van der Waals surface area contributed by atoms with Gasteiger partial charge in [0.25, 0.3) is 0 Å².